The molecule has 2 amide bonds. The third kappa shape index (κ3) is 5.77. The highest BCUT2D eigenvalue weighted by atomic mass is 16.5. The van der Waals surface area contributed by atoms with E-state index in [9.17, 15) is 9.59 Å². The van der Waals surface area contributed by atoms with Crippen molar-refractivity contribution in [1.29, 1.82) is 0 Å². The van der Waals surface area contributed by atoms with Crippen molar-refractivity contribution in [2.45, 2.75) is 57.8 Å². The second kappa shape index (κ2) is 11.0. The average Bonchev–Trinajstić information content (AvgIpc) is 2.78. The molecule has 0 saturated carbocycles. The van der Waals surface area contributed by atoms with Crippen molar-refractivity contribution in [2.75, 3.05) is 27.3 Å². The van der Waals surface area contributed by atoms with Gasteiger partial charge in [0, 0.05) is 31.6 Å². The van der Waals surface area contributed by atoms with Gasteiger partial charge in [0.15, 0.2) is 11.5 Å². The number of nitrogens with one attached hydrogen (secondary N) is 1. The van der Waals surface area contributed by atoms with Crippen molar-refractivity contribution >= 4 is 11.8 Å². The van der Waals surface area contributed by atoms with Gasteiger partial charge in [0.1, 0.15) is 0 Å². The van der Waals surface area contributed by atoms with Gasteiger partial charge in [-0.15, -0.1) is 0 Å². The summed E-state index contributed by atoms with van der Waals surface area (Å²) in [6.07, 6.45) is 10.2. The van der Waals surface area contributed by atoms with Gasteiger partial charge in [0.2, 0.25) is 11.8 Å². The van der Waals surface area contributed by atoms with Gasteiger partial charge in [0.05, 0.1) is 14.2 Å². The Bertz CT molecular complexity index is 774. The van der Waals surface area contributed by atoms with Crippen LogP contribution in [-0.4, -0.2) is 44.0 Å². The van der Waals surface area contributed by atoms with Gasteiger partial charge in [-0.05, 0) is 68.6 Å². The molecule has 1 heterocycles. The number of rotatable bonds is 9. The Labute approximate surface area is 179 Å². The summed E-state index contributed by atoms with van der Waals surface area (Å²) >= 11 is 0. The fourth-order valence-electron chi connectivity index (χ4n) is 4.45. The fourth-order valence-corrected chi connectivity index (χ4v) is 4.45. The second-order valence-corrected chi connectivity index (χ2v) is 8.09. The maximum Gasteiger partial charge on any atom is 0.226 e. The average molecular weight is 415 g/mol. The summed E-state index contributed by atoms with van der Waals surface area (Å²) in [4.78, 5) is 26.8. The standard InChI is InChI=1S/C24H34N2O4/c1-29-21-13-12-18(17-22(21)30-2)14-15-25-23(27)10-5-11-24(28)26-16-6-8-19-7-3-4-9-20(19)26/h9,12-13,17,19H,3-8,10-11,14-16H2,1-2H3,(H,25,27). The Kier molecular flexibility index (Phi) is 8.17. The van der Waals surface area contributed by atoms with Gasteiger partial charge in [-0.3, -0.25) is 9.59 Å². The molecule has 2 aliphatic rings. The Morgan fingerprint density at radius 3 is 2.70 bits per heavy atom. The summed E-state index contributed by atoms with van der Waals surface area (Å²) in [6.45, 7) is 1.39. The highest BCUT2D eigenvalue weighted by molar-refractivity contribution is 5.80. The van der Waals surface area contributed by atoms with Gasteiger partial charge in [-0.25, -0.2) is 0 Å². The van der Waals surface area contributed by atoms with Gasteiger partial charge < -0.3 is 19.7 Å². The molecular formula is C24H34N2O4. The van der Waals surface area contributed by atoms with Crippen LogP contribution in [0.25, 0.3) is 0 Å². The lowest BCUT2D eigenvalue weighted by Gasteiger charge is -2.38. The molecule has 1 unspecified atom stereocenters. The summed E-state index contributed by atoms with van der Waals surface area (Å²) in [7, 11) is 3.22. The van der Waals surface area contributed by atoms with Crippen LogP contribution in [0.2, 0.25) is 0 Å². The molecule has 1 aromatic carbocycles. The number of ether oxygens (including phenoxy) is 2. The van der Waals surface area contributed by atoms with E-state index in [1.807, 2.05) is 23.1 Å². The zero-order chi connectivity index (χ0) is 21.3. The number of hydrogen-bond donors (Lipinski definition) is 1. The fraction of sp³-hybridized carbons (Fsp3) is 0.583. The number of hydrogen-bond acceptors (Lipinski definition) is 4. The molecule has 1 aromatic rings. The molecule has 0 spiro atoms. The van der Waals surface area contributed by atoms with Crippen LogP contribution in [0, 0.1) is 5.92 Å². The van der Waals surface area contributed by atoms with Gasteiger partial charge >= 0.3 is 0 Å². The Morgan fingerprint density at radius 2 is 1.90 bits per heavy atom. The minimum atomic E-state index is -0.00307. The molecule has 1 aliphatic heterocycles. The summed E-state index contributed by atoms with van der Waals surface area (Å²) in [6, 6.07) is 5.77. The molecule has 1 aliphatic carbocycles. The number of benzene rings is 1. The molecule has 1 fully saturated rings. The van der Waals surface area contributed by atoms with Crippen molar-refractivity contribution in [3.8, 4) is 11.5 Å². The molecule has 0 aromatic heterocycles. The maximum atomic E-state index is 12.7. The third-order valence-electron chi connectivity index (χ3n) is 6.05. The number of piperidine rings is 1. The number of carbonyl (C=O) groups excluding carboxylic acids is 2. The first-order valence-electron chi connectivity index (χ1n) is 11.1. The van der Waals surface area contributed by atoms with E-state index >= 15 is 0 Å². The van der Waals surface area contributed by atoms with Crippen molar-refractivity contribution in [3.05, 3.63) is 35.5 Å². The molecule has 6 nitrogen and oxygen atoms in total. The second-order valence-electron chi connectivity index (χ2n) is 8.09. The SMILES string of the molecule is COc1ccc(CCNC(=O)CCCC(=O)N2CCCC3CCCC=C32)cc1OC. The molecule has 1 saturated heterocycles. The van der Waals surface area contributed by atoms with E-state index < -0.39 is 0 Å². The van der Waals surface area contributed by atoms with E-state index in [4.69, 9.17) is 9.47 Å². The van der Waals surface area contributed by atoms with Gasteiger partial charge in [0.25, 0.3) is 0 Å². The van der Waals surface area contributed by atoms with Gasteiger partial charge in [-0.1, -0.05) is 12.1 Å². The van der Waals surface area contributed by atoms with Crippen LogP contribution in [-0.2, 0) is 16.0 Å². The maximum absolute atomic E-state index is 12.7. The predicted octanol–water partition coefficient (Wildman–Crippen LogP) is 3.84. The number of nitrogens with zero attached hydrogens (tertiary/aromatic N) is 1. The van der Waals surface area contributed by atoms with Crippen LogP contribution in [0.4, 0.5) is 0 Å². The van der Waals surface area contributed by atoms with Crippen LogP contribution in [0.3, 0.4) is 0 Å². The zero-order valence-corrected chi connectivity index (χ0v) is 18.2. The molecule has 164 valence electrons. The lowest BCUT2D eigenvalue weighted by atomic mass is 9.85. The molecule has 3 rings (SSSR count). The van der Waals surface area contributed by atoms with Crippen molar-refractivity contribution in [1.82, 2.24) is 10.2 Å². The smallest absolute Gasteiger partial charge is 0.226 e. The third-order valence-corrected chi connectivity index (χ3v) is 6.05. The van der Waals surface area contributed by atoms with Crippen LogP contribution in [0.15, 0.2) is 30.0 Å². The number of allylic oxidation sites excluding steroid dienone is 2. The largest absolute Gasteiger partial charge is 0.493 e. The minimum absolute atomic E-state index is 0.00307. The van der Waals surface area contributed by atoms with E-state index in [1.165, 1.54) is 25.0 Å². The highest BCUT2D eigenvalue weighted by Gasteiger charge is 2.29. The van der Waals surface area contributed by atoms with Crippen molar-refractivity contribution in [2.24, 2.45) is 5.92 Å². The molecule has 30 heavy (non-hydrogen) atoms. The number of fused-ring (bicyclic) bond motifs is 1. The van der Waals surface area contributed by atoms with Crippen LogP contribution in [0.1, 0.15) is 56.9 Å². The number of methoxy groups -OCH3 is 2. The number of amides is 2. The lowest BCUT2D eigenvalue weighted by molar-refractivity contribution is -0.130. The Balaban J connectivity index is 1.37. The predicted molar refractivity (Wildman–Crippen MR) is 116 cm³/mol. The van der Waals surface area contributed by atoms with Crippen LogP contribution in [0.5, 0.6) is 11.5 Å². The summed E-state index contributed by atoms with van der Waals surface area (Å²) in [5.74, 6) is 2.12. The van der Waals surface area contributed by atoms with Gasteiger partial charge in [-0.2, -0.15) is 0 Å². The van der Waals surface area contributed by atoms with E-state index in [1.54, 1.807) is 14.2 Å². The topological polar surface area (TPSA) is 67.9 Å². The van der Waals surface area contributed by atoms with E-state index in [0.717, 1.165) is 24.9 Å². The van der Waals surface area contributed by atoms with Crippen LogP contribution >= 0.6 is 0 Å². The highest BCUT2D eigenvalue weighted by Crippen LogP contribution is 2.35. The van der Waals surface area contributed by atoms with E-state index in [0.29, 0.717) is 49.6 Å². The molecule has 0 bridgehead atoms. The monoisotopic (exact) mass is 414 g/mol. The van der Waals surface area contributed by atoms with E-state index in [-0.39, 0.29) is 11.8 Å². The Morgan fingerprint density at radius 1 is 1.10 bits per heavy atom. The van der Waals surface area contributed by atoms with E-state index in [2.05, 4.69) is 11.4 Å². The van der Waals surface area contributed by atoms with Crippen molar-refractivity contribution < 1.29 is 19.1 Å². The lowest BCUT2D eigenvalue weighted by Crippen LogP contribution is -2.39. The summed E-state index contributed by atoms with van der Waals surface area (Å²) in [5, 5.41) is 2.95. The first-order chi connectivity index (χ1) is 14.6. The molecular weight excluding hydrogens is 380 g/mol. The quantitative estimate of drug-likeness (QED) is 0.667. The molecule has 1 N–H and O–H groups in total. The van der Waals surface area contributed by atoms with Crippen molar-refractivity contribution in [3.63, 3.8) is 0 Å². The normalized spacial score (nSPS) is 18.3. The molecule has 0 radical (unpaired) electrons. The molecule has 6 heteroatoms. The molecule has 1 atom stereocenters. The zero-order valence-electron chi connectivity index (χ0n) is 18.2. The van der Waals surface area contributed by atoms with Crippen LogP contribution < -0.4 is 14.8 Å². The number of likely N-dealkylation sites (tertiary alicyclic amines) is 1. The summed E-state index contributed by atoms with van der Waals surface area (Å²) < 4.78 is 10.6. The first kappa shape index (κ1) is 22.2. The minimum Gasteiger partial charge on any atom is -0.493 e. The Hall–Kier alpha value is -2.50. The first-order valence-corrected chi connectivity index (χ1v) is 11.1. The number of carbonyl (C=O) groups is 2. The summed E-state index contributed by atoms with van der Waals surface area (Å²) in [5.41, 5.74) is 2.32.